The van der Waals surface area contributed by atoms with Crippen molar-refractivity contribution in [2.24, 2.45) is 46.2 Å². The highest BCUT2D eigenvalue weighted by Gasteiger charge is 2.62. The minimum absolute atomic E-state index is 0.0682. The number of Topliss-reactive ketones (excluding diaryl/α,β-unsaturated/α-hetero) is 1. The molecule has 4 nitrogen and oxygen atoms in total. The average molecular weight is 408 g/mol. The Morgan fingerprint density at radius 3 is 2.61 bits per heavy atom. The number of carbonyl (C=O) groups is 2. The van der Waals surface area contributed by atoms with Crippen molar-refractivity contribution in [3.05, 3.63) is 0 Å². The highest BCUT2D eigenvalue weighted by molar-refractivity contribution is 7.85. The van der Waals surface area contributed by atoms with E-state index in [2.05, 4.69) is 13.8 Å². The first-order chi connectivity index (χ1) is 13.3. The van der Waals surface area contributed by atoms with Crippen molar-refractivity contribution < 1.29 is 13.8 Å². The molecular weight excluding hydrogens is 370 g/mol. The van der Waals surface area contributed by atoms with E-state index in [9.17, 15) is 13.8 Å². The quantitative estimate of drug-likeness (QED) is 0.708. The van der Waals surface area contributed by atoms with Crippen molar-refractivity contribution in [2.45, 2.75) is 76.9 Å². The fourth-order valence-corrected chi connectivity index (χ4v) is 9.51. The fraction of sp³-hybridized carbons (Fsp3) is 0.913. The summed E-state index contributed by atoms with van der Waals surface area (Å²) in [6.45, 7) is 5.22. The van der Waals surface area contributed by atoms with Gasteiger partial charge in [0.1, 0.15) is 12.1 Å². The summed E-state index contributed by atoms with van der Waals surface area (Å²) in [4.78, 5) is 24.8. The molecule has 0 spiro atoms. The van der Waals surface area contributed by atoms with Gasteiger partial charge in [-0.15, -0.1) is 0 Å². The van der Waals surface area contributed by atoms with Crippen LogP contribution in [-0.4, -0.2) is 33.8 Å². The Labute approximate surface area is 172 Å². The third kappa shape index (κ3) is 3.07. The molecule has 0 radical (unpaired) electrons. The van der Waals surface area contributed by atoms with Gasteiger partial charge in [-0.25, -0.2) is 0 Å². The van der Waals surface area contributed by atoms with Crippen LogP contribution in [0.1, 0.15) is 71.6 Å². The Hall–Kier alpha value is -0.550. The molecular formula is C23H37NO3S. The molecule has 0 saturated heterocycles. The topological polar surface area (TPSA) is 77.2 Å². The molecule has 0 bridgehead atoms. The zero-order chi connectivity index (χ0) is 20.1. The number of nitrogens with two attached hydrogens (primary N) is 1. The number of carbonyl (C=O) groups excluding carboxylic acids is 2. The first-order valence-corrected chi connectivity index (χ1v) is 12.8. The van der Waals surface area contributed by atoms with Gasteiger partial charge >= 0.3 is 0 Å². The molecule has 0 aromatic heterocycles. The van der Waals surface area contributed by atoms with Crippen LogP contribution in [0.4, 0.5) is 0 Å². The lowest BCUT2D eigenvalue weighted by molar-refractivity contribution is -0.149. The van der Waals surface area contributed by atoms with E-state index in [1.165, 1.54) is 6.29 Å². The molecule has 0 aliphatic heterocycles. The molecule has 4 rings (SSSR count). The van der Waals surface area contributed by atoms with Gasteiger partial charge < -0.3 is 10.5 Å². The second-order valence-electron chi connectivity index (χ2n) is 10.6. The molecule has 3 unspecified atom stereocenters. The zero-order valence-corrected chi connectivity index (χ0v) is 18.3. The largest absolute Gasteiger partial charge is 0.330 e. The van der Waals surface area contributed by atoms with Crippen LogP contribution in [-0.2, 0) is 20.4 Å². The Morgan fingerprint density at radius 1 is 1.11 bits per heavy atom. The lowest BCUT2D eigenvalue weighted by Gasteiger charge is -2.61. The highest BCUT2D eigenvalue weighted by atomic mass is 32.2. The summed E-state index contributed by atoms with van der Waals surface area (Å²) < 4.78 is 12.8. The summed E-state index contributed by atoms with van der Waals surface area (Å²) in [6, 6.07) is 0. The molecule has 5 heteroatoms. The van der Waals surface area contributed by atoms with E-state index in [1.807, 2.05) is 0 Å². The lowest BCUT2D eigenvalue weighted by atomic mass is 9.43. The van der Waals surface area contributed by atoms with Gasteiger partial charge in [0.15, 0.2) is 0 Å². The number of ketones is 1. The standard InChI is InChI=1S/C23H37NO3S/c1-22-8-6-16(28(27)11-3-10-24)13-20(22)15(14-25)12-17-18-4-5-21(26)23(18,2)9-7-19(17)22/h14-20H,3-13,24H2,1-2H3/t15?,16-,17-,18-,19-,20?,22+,23-,28?/m0/s1. The number of hydrogen-bond donors (Lipinski definition) is 1. The van der Waals surface area contributed by atoms with Crippen molar-refractivity contribution in [2.75, 3.05) is 12.3 Å². The predicted octanol–water partition coefficient (Wildman–Crippen LogP) is 3.49. The Kier molecular flexibility index (Phi) is 5.63. The molecule has 0 amide bonds. The number of rotatable bonds is 5. The summed E-state index contributed by atoms with van der Waals surface area (Å²) in [7, 11) is -0.823. The molecule has 4 fully saturated rings. The molecule has 28 heavy (non-hydrogen) atoms. The van der Waals surface area contributed by atoms with Crippen molar-refractivity contribution in [1.82, 2.24) is 0 Å². The maximum atomic E-state index is 12.8. The van der Waals surface area contributed by atoms with Crippen LogP contribution in [0, 0.1) is 40.4 Å². The molecule has 0 aromatic carbocycles. The number of hydrogen-bond acceptors (Lipinski definition) is 4. The summed E-state index contributed by atoms with van der Waals surface area (Å²) in [5, 5.41) is 0.227. The number of fused-ring (bicyclic) bond motifs is 5. The van der Waals surface area contributed by atoms with Crippen molar-refractivity contribution >= 4 is 22.9 Å². The SMILES string of the molecule is C[C@]12CC[C@H](S(=O)CCCN)CC1C(C=O)C[C@@H]1[C@@H]2CC[C@]2(C)C(=O)CC[C@@H]12. The van der Waals surface area contributed by atoms with Crippen LogP contribution in [0.2, 0.25) is 0 Å². The maximum absolute atomic E-state index is 12.8. The van der Waals surface area contributed by atoms with Gasteiger partial charge in [-0.1, -0.05) is 13.8 Å². The summed E-state index contributed by atoms with van der Waals surface area (Å²) in [6.07, 6.45) is 9.91. The van der Waals surface area contributed by atoms with Crippen molar-refractivity contribution in [3.63, 3.8) is 0 Å². The summed E-state index contributed by atoms with van der Waals surface area (Å²) in [5.74, 6) is 3.19. The average Bonchev–Trinajstić information content (AvgIpc) is 2.99. The summed E-state index contributed by atoms with van der Waals surface area (Å²) >= 11 is 0. The van der Waals surface area contributed by atoms with Crippen LogP contribution in [0.5, 0.6) is 0 Å². The van der Waals surface area contributed by atoms with E-state index in [1.54, 1.807) is 0 Å². The molecule has 0 heterocycles. The van der Waals surface area contributed by atoms with Crippen LogP contribution >= 0.6 is 0 Å². The summed E-state index contributed by atoms with van der Waals surface area (Å²) in [5.41, 5.74) is 5.63. The molecule has 4 saturated carbocycles. The highest BCUT2D eigenvalue weighted by Crippen LogP contribution is 2.66. The van der Waals surface area contributed by atoms with Crippen LogP contribution in [0.15, 0.2) is 0 Å². The fourth-order valence-electron chi connectivity index (χ4n) is 7.92. The van der Waals surface area contributed by atoms with Crippen LogP contribution < -0.4 is 5.73 Å². The Morgan fingerprint density at radius 2 is 1.89 bits per heavy atom. The Bertz CT molecular complexity index is 666. The van der Waals surface area contributed by atoms with E-state index in [-0.39, 0.29) is 22.0 Å². The predicted molar refractivity (Wildman–Crippen MR) is 112 cm³/mol. The van der Waals surface area contributed by atoms with Crippen molar-refractivity contribution in [1.29, 1.82) is 0 Å². The second kappa shape index (κ2) is 7.61. The van der Waals surface area contributed by atoms with E-state index in [0.717, 1.165) is 57.8 Å². The van der Waals surface area contributed by atoms with E-state index in [0.29, 0.717) is 41.8 Å². The molecule has 158 valence electrons. The van der Waals surface area contributed by atoms with E-state index >= 15 is 0 Å². The van der Waals surface area contributed by atoms with E-state index in [4.69, 9.17) is 5.73 Å². The normalized spacial score (nSPS) is 49.0. The van der Waals surface area contributed by atoms with Crippen LogP contribution in [0.25, 0.3) is 0 Å². The smallest absolute Gasteiger partial charge is 0.139 e. The molecule has 4 aliphatic carbocycles. The van der Waals surface area contributed by atoms with Crippen LogP contribution in [0.3, 0.4) is 0 Å². The zero-order valence-electron chi connectivity index (χ0n) is 17.5. The van der Waals surface area contributed by atoms with Crippen molar-refractivity contribution in [3.8, 4) is 0 Å². The van der Waals surface area contributed by atoms with Gasteiger partial charge in [0, 0.05) is 39.6 Å². The van der Waals surface area contributed by atoms with Gasteiger partial charge in [-0.2, -0.15) is 0 Å². The lowest BCUT2D eigenvalue weighted by Crippen LogP contribution is -2.57. The molecule has 2 N–H and O–H groups in total. The first kappa shape index (κ1) is 20.7. The molecule has 4 aliphatic rings. The molecule has 0 aromatic rings. The van der Waals surface area contributed by atoms with Gasteiger partial charge in [0.05, 0.1) is 0 Å². The Balaban J connectivity index is 1.58. The van der Waals surface area contributed by atoms with Gasteiger partial charge in [0.25, 0.3) is 0 Å². The number of aldehydes is 1. The van der Waals surface area contributed by atoms with Gasteiger partial charge in [-0.3, -0.25) is 9.00 Å². The van der Waals surface area contributed by atoms with Gasteiger partial charge in [0.2, 0.25) is 0 Å². The molecule has 9 atom stereocenters. The monoisotopic (exact) mass is 407 g/mol. The maximum Gasteiger partial charge on any atom is 0.139 e. The third-order valence-electron chi connectivity index (χ3n) is 9.52. The minimum atomic E-state index is -0.823. The minimum Gasteiger partial charge on any atom is -0.330 e. The second-order valence-corrected chi connectivity index (χ2v) is 12.4. The first-order valence-electron chi connectivity index (χ1n) is 11.4. The van der Waals surface area contributed by atoms with Gasteiger partial charge in [-0.05, 0) is 87.0 Å². The third-order valence-corrected chi connectivity index (χ3v) is 11.4. The van der Waals surface area contributed by atoms with E-state index < -0.39 is 10.8 Å².